The molecule has 0 aromatic heterocycles. The number of benzene rings is 2. The van der Waals surface area contributed by atoms with Gasteiger partial charge in [0, 0.05) is 0 Å². The third-order valence-electron chi connectivity index (χ3n) is 4.51. The normalized spacial score (nSPS) is 13.3. The number of carbonyl (C=O) groups is 3. The Bertz CT molecular complexity index is 916. The van der Waals surface area contributed by atoms with Gasteiger partial charge >= 0.3 is 5.97 Å². The molecule has 0 saturated heterocycles. The molecule has 29 heavy (non-hydrogen) atoms. The quantitative estimate of drug-likeness (QED) is 0.786. The van der Waals surface area contributed by atoms with E-state index >= 15 is 0 Å². The molecule has 152 valence electrons. The number of hydrogen-bond acceptors (Lipinski definition) is 5. The molecule has 0 aliphatic carbocycles. The molecule has 0 spiro atoms. The molecule has 0 radical (unpaired) electrons. The van der Waals surface area contributed by atoms with Gasteiger partial charge in [0.15, 0.2) is 13.2 Å². The number of para-hydroxylation sites is 2. The molecule has 1 aliphatic heterocycles. The van der Waals surface area contributed by atoms with Crippen molar-refractivity contribution in [1.29, 1.82) is 0 Å². The lowest BCUT2D eigenvalue weighted by molar-refractivity contribution is -0.149. The minimum Gasteiger partial charge on any atom is -0.482 e. The molecule has 0 atom stereocenters. The Hall–Kier alpha value is -3.35. The van der Waals surface area contributed by atoms with Crippen LogP contribution in [0.25, 0.3) is 0 Å². The summed E-state index contributed by atoms with van der Waals surface area (Å²) in [6, 6.07) is 14.4. The second-order valence-electron chi connectivity index (χ2n) is 7.77. The molecule has 0 saturated carbocycles. The van der Waals surface area contributed by atoms with Crippen molar-refractivity contribution in [2.24, 2.45) is 0 Å². The van der Waals surface area contributed by atoms with Crippen molar-refractivity contribution in [2.75, 3.05) is 30.0 Å². The number of ether oxygens (including phenoxy) is 2. The smallest absolute Gasteiger partial charge is 0.344 e. The topological polar surface area (TPSA) is 84.9 Å². The van der Waals surface area contributed by atoms with E-state index in [1.165, 1.54) is 4.90 Å². The summed E-state index contributed by atoms with van der Waals surface area (Å²) in [7, 11) is 0. The molecule has 2 amide bonds. The third-order valence-corrected chi connectivity index (χ3v) is 4.51. The van der Waals surface area contributed by atoms with E-state index in [4.69, 9.17) is 9.47 Å². The molecule has 2 aromatic carbocycles. The molecule has 1 N–H and O–H groups in total. The first kappa shape index (κ1) is 20.4. The van der Waals surface area contributed by atoms with E-state index in [2.05, 4.69) is 26.1 Å². The number of rotatable bonds is 5. The van der Waals surface area contributed by atoms with Gasteiger partial charge in [0.05, 0.1) is 11.4 Å². The highest BCUT2D eigenvalue weighted by Crippen LogP contribution is 2.29. The number of amides is 2. The lowest BCUT2D eigenvalue weighted by atomic mass is 9.87. The molecular formula is C22H24N2O5. The Kier molecular flexibility index (Phi) is 5.87. The Morgan fingerprint density at radius 1 is 1.03 bits per heavy atom. The van der Waals surface area contributed by atoms with Crippen molar-refractivity contribution in [1.82, 2.24) is 0 Å². The van der Waals surface area contributed by atoms with Crippen LogP contribution in [-0.4, -0.2) is 37.5 Å². The predicted molar refractivity (Wildman–Crippen MR) is 109 cm³/mol. The van der Waals surface area contributed by atoms with Crippen molar-refractivity contribution in [3.05, 3.63) is 54.1 Å². The molecule has 0 bridgehead atoms. The minimum atomic E-state index is -0.659. The summed E-state index contributed by atoms with van der Waals surface area (Å²) in [5, 5.41) is 2.70. The lowest BCUT2D eigenvalue weighted by Crippen LogP contribution is -2.44. The maximum Gasteiger partial charge on any atom is 0.344 e. The van der Waals surface area contributed by atoms with Crippen molar-refractivity contribution in [3.63, 3.8) is 0 Å². The number of fused-ring (bicyclic) bond motifs is 1. The van der Waals surface area contributed by atoms with Crippen LogP contribution in [0.4, 0.5) is 11.4 Å². The van der Waals surface area contributed by atoms with Crippen molar-refractivity contribution >= 4 is 29.2 Å². The second-order valence-corrected chi connectivity index (χ2v) is 7.77. The highest BCUT2D eigenvalue weighted by molar-refractivity contribution is 6.10. The van der Waals surface area contributed by atoms with E-state index in [9.17, 15) is 14.4 Å². The maximum absolute atomic E-state index is 12.4. The van der Waals surface area contributed by atoms with Crippen LogP contribution in [0.5, 0.6) is 5.75 Å². The fourth-order valence-corrected chi connectivity index (χ4v) is 2.91. The molecule has 0 unspecified atom stereocenters. The standard InChI is InChI=1S/C22H24N2O5/c1-22(2,3)15-8-10-16(11-9-15)28-14-21(27)29-13-20(26)24-12-19(25)23-17-6-4-5-7-18(17)24/h4-11H,12-14H2,1-3H3,(H,23,25). The maximum atomic E-state index is 12.4. The van der Waals surface area contributed by atoms with Crippen LogP contribution < -0.4 is 15.0 Å². The largest absolute Gasteiger partial charge is 0.482 e. The average Bonchev–Trinajstić information content (AvgIpc) is 2.69. The molecule has 2 aromatic rings. The zero-order valence-electron chi connectivity index (χ0n) is 16.7. The first-order valence-electron chi connectivity index (χ1n) is 9.32. The van der Waals surface area contributed by atoms with Gasteiger partial charge in [-0.15, -0.1) is 0 Å². The van der Waals surface area contributed by atoms with Gasteiger partial charge in [0.1, 0.15) is 12.3 Å². The number of hydrogen-bond donors (Lipinski definition) is 1. The molecule has 0 fully saturated rings. The molecule has 1 aliphatic rings. The van der Waals surface area contributed by atoms with E-state index in [1.54, 1.807) is 36.4 Å². The van der Waals surface area contributed by atoms with Crippen LogP contribution in [0.2, 0.25) is 0 Å². The van der Waals surface area contributed by atoms with E-state index in [1.807, 2.05) is 12.1 Å². The monoisotopic (exact) mass is 396 g/mol. The van der Waals surface area contributed by atoms with Gasteiger partial charge in [0.2, 0.25) is 5.91 Å². The number of anilines is 2. The highest BCUT2D eigenvalue weighted by atomic mass is 16.6. The van der Waals surface area contributed by atoms with Crippen LogP contribution in [0, 0.1) is 0 Å². The van der Waals surface area contributed by atoms with Crippen molar-refractivity contribution in [2.45, 2.75) is 26.2 Å². The molecular weight excluding hydrogens is 372 g/mol. The summed E-state index contributed by atoms with van der Waals surface area (Å²) >= 11 is 0. The Morgan fingerprint density at radius 3 is 2.41 bits per heavy atom. The van der Waals surface area contributed by atoms with Crippen LogP contribution in [0.1, 0.15) is 26.3 Å². The first-order chi connectivity index (χ1) is 13.7. The summed E-state index contributed by atoms with van der Waals surface area (Å²) in [6.45, 7) is 5.45. The number of esters is 1. The summed E-state index contributed by atoms with van der Waals surface area (Å²) in [6.07, 6.45) is 0. The average molecular weight is 396 g/mol. The zero-order valence-corrected chi connectivity index (χ0v) is 16.7. The Labute approximate surface area is 169 Å². The molecule has 3 rings (SSSR count). The summed E-state index contributed by atoms with van der Waals surface area (Å²) in [5.74, 6) is -0.892. The van der Waals surface area contributed by atoms with Crippen LogP contribution in [-0.2, 0) is 24.5 Å². The Morgan fingerprint density at radius 2 is 1.72 bits per heavy atom. The third kappa shape index (κ3) is 5.13. The predicted octanol–water partition coefficient (Wildman–Crippen LogP) is 2.89. The van der Waals surface area contributed by atoms with Gasteiger partial charge < -0.3 is 14.8 Å². The van der Waals surface area contributed by atoms with E-state index < -0.39 is 18.5 Å². The van der Waals surface area contributed by atoms with E-state index in [-0.39, 0.29) is 24.5 Å². The number of carbonyl (C=O) groups excluding carboxylic acids is 3. The van der Waals surface area contributed by atoms with Crippen LogP contribution >= 0.6 is 0 Å². The van der Waals surface area contributed by atoms with Gasteiger partial charge in [-0.3, -0.25) is 14.5 Å². The summed E-state index contributed by atoms with van der Waals surface area (Å²) in [4.78, 5) is 37.5. The molecule has 7 heteroatoms. The van der Waals surface area contributed by atoms with Gasteiger partial charge in [-0.25, -0.2) is 4.79 Å². The zero-order chi connectivity index (χ0) is 21.0. The van der Waals surface area contributed by atoms with Crippen LogP contribution in [0.3, 0.4) is 0 Å². The minimum absolute atomic E-state index is 0.0296. The second kappa shape index (κ2) is 8.34. The molecule has 7 nitrogen and oxygen atoms in total. The molecule has 1 heterocycles. The van der Waals surface area contributed by atoms with Crippen molar-refractivity contribution < 1.29 is 23.9 Å². The lowest BCUT2D eigenvalue weighted by Gasteiger charge is -2.28. The fraction of sp³-hybridized carbons (Fsp3) is 0.318. The number of nitrogens with zero attached hydrogens (tertiary/aromatic N) is 1. The summed E-state index contributed by atoms with van der Waals surface area (Å²) in [5.41, 5.74) is 2.31. The Balaban J connectivity index is 1.51. The number of nitrogens with one attached hydrogen (secondary N) is 1. The van der Waals surface area contributed by atoms with E-state index in [0.29, 0.717) is 17.1 Å². The first-order valence-corrected chi connectivity index (χ1v) is 9.32. The highest BCUT2D eigenvalue weighted by Gasteiger charge is 2.27. The van der Waals surface area contributed by atoms with Gasteiger partial charge in [-0.05, 0) is 35.2 Å². The van der Waals surface area contributed by atoms with Gasteiger partial charge in [-0.2, -0.15) is 0 Å². The van der Waals surface area contributed by atoms with Gasteiger partial charge in [0.25, 0.3) is 5.91 Å². The van der Waals surface area contributed by atoms with Crippen LogP contribution in [0.15, 0.2) is 48.5 Å². The SMILES string of the molecule is CC(C)(C)c1ccc(OCC(=O)OCC(=O)N2CC(=O)Nc3ccccc32)cc1. The summed E-state index contributed by atoms with van der Waals surface area (Å²) < 4.78 is 10.4. The van der Waals surface area contributed by atoms with E-state index in [0.717, 1.165) is 5.56 Å². The van der Waals surface area contributed by atoms with Gasteiger partial charge in [-0.1, -0.05) is 45.0 Å². The van der Waals surface area contributed by atoms with Crippen molar-refractivity contribution in [3.8, 4) is 5.75 Å². The fourth-order valence-electron chi connectivity index (χ4n) is 2.91.